The summed E-state index contributed by atoms with van der Waals surface area (Å²) >= 11 is 12.0. The SMILES string of the molecule is N#Cc1ccc(C2=NC3(CCCC3)N(CC(=O)c3ccc(Cl)c(Cl)c3)C2=O)cc1. The molecule has 2 aromatic rings. The number of amides is 1. The molecule has 0 radical (unpaired) electrons. The van der Waals surface area contributed by atoms with Crippen LogP contribution >= 0.6 is 23.2 Å². The van der Waals surface area contributed by atoms with Gasteiger partial charge in [0.2, 0.25) is 0 Å². The van der Waals surface area contributed by atoms with Crippen LogP contribution in [0.1, 0.15) is 47.2 Å². The minimum atomic E-state index is -0.674. The zero-order chi connectivity index (χ0) is 20.6. The number of hydrogen-bond acceptors (Lipinski definition) is 4. The summed E-state index contributed by atoms with van der Waals surface area (Å²) in [6.07, 6.45) is 3.37. The third kappa shape index (κ3) is 3.55. The van der Waals surface area contributed by atoms with E-state index in [0.29, 0.717) is 32.4 Å². The number of benzene rings is 2. The molecule has 1 spiro atoms. The van der Waals surface area contributed by atoms with E-state index in [1.165, 1.54) is 6.07 Å². The van der Waals surface area contributed by atoms with Gasteiger partial charge < -0.3 is 4.90 Å². The van der Waals surface area contributed by atoms with Crippen LogP contribution in [0, 0.1) is 11.3 Å². The van der Waals surface area contributed by atoms with Crippen molar-refractivity contribution in [3.8, 4) is 6.07 Å². The molecule has 0 bridgehead atoms. The molecule has 1 aliphatic heterocycles. The van der Waals surface area contributed by atoms with E-state index in [0.717, 1.165) is 25.7 Å². The van der Waals surface area contributed by atoms with E-state index in [-0.39, 0.29) is 18.2 Å². The number of aliphatic imine (C=N–C) groups is 1. The molecule has 1 saturated carbocycles. The van der Waals surface area contributed by atoms with E-state index in [9.17, 15) is 9.59 Å². The molecule has 5 nitrogen and oxygen atoms in total. The molecule has 146 valence electrons. The van der Waals surface area contributed by atoms with Crippen LogP contribution in [-0.2, 0) is 4.79 Å². The molecule has 29 heavy (non-hydrogen) atoms. The number of nitriles is 1. The summed E-state index contributed by atoms with van der Waals surface area (Å²) in [6.45, 7) is -0.0694. The molecule has 4 rings (SSSR count). The van der Waals surface area contributed by atoms with Crippen LogP contribution in [0.3, 0.4) is 0 Å². The molecular formula is C22H17Cl2N3O2. The standard InChI is InChI=1S/C22H17Cl2N3O2/c23-17-8-7-16(11-18(17)24)19(28)13-27-21(29)20(26-22(27)9-1-2-10-22)15-5-3-14(12-25)4-6-15/h3-8,11H,1-2,9-10,13H2. The summed E-state index contributed by atoms with van der Waals surface area (Å²) in [5.41, 5.74) is 1.25. The fraction of sp³-hybridized carbons (Fsp3) is 0.273. The second-order valence-corrected chi connectivity index (χ2v) is 8.10. The first-order valence-corrected chi connectivity index (χ1v) is 10.1. The summed E-state index contributed by atoms with van der Waals surface area (Å²) in [7, 11) is 0. The Morgan fingerprint density at radius 1 is 1.10 bits per heavy atom. The summed E-state index contributed by atoms with van der Waals surface area (Å²) in [4.78, 5) is 32.5. The van der Waals surface area contributed by atoms with Gasteiger partial charge in [-0.2, -0.15) is 5.26 Å². The highest BCUT2D eigenvalue weighted by Crippen LogP contribution is 2.41. The minimum Gasteiger partial charge on any atom is -0.305 e. The lowest BCUT2D eigenvalue weighted by molar-refractivity contribution is -0.127. The Morgan fingerprint density at radius 2 is 1.79 bits per heavy atom. The Hall–Kier alpha value is -2.68. The van der Waals surface area contributed by atoms with Gasteiger partial charge in [0, 0.05) is 11.1 Å². The lowest BCUT2D eigenvalue weighted by atomic mass is 10.1. The quantitative estimate of drug-likeness (QED) is 0.668. The first kappa shape index (κ1) is 19.6. The lowest BCUT2D eigenvalue weighted by Crippen LogP contribution is -2.47. The van der Waals surface area contributed by atoms with Gasteiger partial charge in [0.05, 0.1) is 28.2 Å². The topological polar surface area (TPSA) is 73.5 Å². The van der Waals surface area contributed by atoms with Gasteiger partial charge in [-0.25, -0.2) is 0 Å². The molecule has 1 aliphatic carbocycles. The molecule has 0 N–H and O–H groups in total. The highest BCUT2D eigenvalue weighted by molar-refractivity contribution is 6.47. The normalized spacial score (nSPS) is 17.5. The molecule has 2 aliphatic rings. The summed E-state index contributed by atoms with van der Waals surface area (Å²) < 4.78 is 0. The zero-order valence-electron chi connectivity index (χ0n) is 15.5. The van der Waals surface area contributed by atoms with Crippen LogP contribution in [0.25, 0.3) is 0 Å². The Balaban J connectivity index is 1.64. The second kappa shape index (κ2) is 7.62. The number of nitrogens with zero attached hydrogens (tertiary/aromatic N) is 3. The summed E-state index contributed by atoms with van der Waals surface area (Å²) in [6, 6.07) is 13.6. The van der Waals surface area contributed by atoms with Crippen LogP contribution < -0.4 is 0 Å². The molecule has 0 atom stereocenters. The Labute approximate surface area is 178 Å². The monoisotopic (exact) mass is 425 g/mol. The highest BCUT2D eigenvalue weighted by atomic mass is 35.5. The maximum absolute atomic E-state index is 13.2. The van der Waals surface area contributed by atoms with Gasteiger partial charge in [-0.15, -0.1) is 0 Å². The number of rotatable bonds is 4. The van der Waals surface area contributed by atoms with E-state index in [4.69, 9.17) is 33.5 Å². The van der Waals surface area contributed by atoms with E-state index in [1.54, 1.807) is 41.3 Å². The van der Waals surface area contributed by atoms with Gasteiger partial charge in [-0.05, 0) is 56.0 Å². The molecule has 7 heteroatoms. The molecule has 1 heterocycles. The molecule has 1 amide bonds. The number of halogens is 2. The van der Waals surface area contributed by atoms with E-state index < -0.39 is 5.66 Å². The van der Waals surface area contributed by atoms with Crippen LogP contribution in [0.2, 0.25) is 10.0 Å². The number of carbonyl (C=O) groups excluding carboxylic acids is 2. The van der Waals surface area contributed by atoms with Gasteiger partial charge >= 0.3 is 0 Å². The van der Waals surface area contributed by atoms with Gasteiger partial charge in [-0.1, -0.05) is 35.3 Å². The summed E-state index contributed by atoms with van der Waals surface area (Å²) in [5, 5.41) is 9.66. The van der Waals surface area contributed by atoms with Gasteiger partial charge in [-0.3, -0.25) is 14.6 Å². The average molecular weight is 426 g/mol. The predicted octanol–water partition coefficient (Wildman–Crippen LogP) is 4.65. The predicted molar refractivity (Wildman–Crippen MR) is 111 cm³/mol. The third-order valence-corrected chi connectivity index (χ3v) is 6.24. The smallest absolute Gasteiger partial charge is 0.275 e. The number of hydrogen-bond donors (Lipinski definition) is 0. The van der Waals surface area contributed by atoms with Gasteiger partial charge in [0.15, 0.2) is 5.78 Å². The first-order valence-electron chi connectivity index (χ1n) is 9.34. The van der Waals surface area contributed by atoms with E-state index in [1.807, 2.05) is 0 Å². The second-order valence-electron chi connectivity index (χ2n) is 7.28. The van der Waals surface area contributed by atoms with Crippen molar-refractivity contribution in [2.75, 3.05) is 6.54 Å². The summed E-state index contributed by atoms with van der Waals surface area (Å²) in [5.74, 6) is -0.468. The van der Waals surface area contributed by atoms with Crippen molar-refractivity contribution in [2.45, 2.75) is 31.3 Å². The highest BCUT2D eigenvalue weighted by Gasteiger charge is 2.49. The Bertz CT molecular complexity index is 1060. The number of ketones is 1. The first-order chi connectivity index (χ1) is 13.9. The molecular weight excluding hydrogens is 409 g/mol. The zero-order valence-corrected chi connectivity index (χ0v) is 17.0. The maximum atomic E-state index is 13.2. The minimum absolute atomic E-state index is 0.0694. The van der Waals surface area contributed by atoms with E-state index in [2.05, 4.69) is 6.07 Å². The van der Waals surface area contributed by atoms with Gasteiger partial charge in [0.25, 0.3) is 5.91 Å². The van der Waals surface area contributed by atoms with Crippen molar-refractivity contribution in [2.24, 2.45) is 4.99 Å². The number of carbonyl (C=O) groups is 2. The Morgan fingerprint density at radius 3 is 2.41 bits per heavy atom. The van der Waals surface area contributed by atoms with Gasteiger partial charge in [0.1, 0.15) is 11.4 Å². The van der Waals surface area contributed by atoms with Crippen molar-refractivity contribution in [3.63, 3.8) is 0 Å². The average Bonchev–Trinajstić information content (AvgIpc) is 3.30. The van der Waals surface area contributed by atoms with Crippen molar-refractivity contribution in [1.29, 1.82) is 5.26 Å². The molecule has 1 fully saturated rings. The fourth-order valence-electron chi connectivity index (χ4n) is 3.97. The van der Waals surface area contributed by atoms with Crippen molar-refractivity contribution < 1.29 is 9.59 Å². The Kier molecular flexibility index (Phi) is 5.16. The molecule has 0 unspecified atom stereocenters. The van der Waals surface area contributed by atoms with Crippen molar-refractivity contribution >= 4 is 40.6 Å². The maximum Gasteiger partial charge on any atom is 0.275 e. The lowest BCUT2D eigenvalue weighted by Gasteiger charge is -2.32. The van der Waals surface area contributed by atoms with Crippen molar-refractivity contribution in [1.82, 2.24) is 4.90 Å². The van der Waals surface area contributed by atoms with Crippen molar-refractivity contribution in [3.05, 3.63) is 69.2 Å². The van der Waals surface area contributed by atoms with Crippen LogP contribution in [0.5, 0.6) is 0 Å². The molecule has 0 aromatic heterocycles. The van der Waals surface area contributed by atoms with E-state index >= 15 is 0 Å². The fourth-order valence-corrected chi connectivity index (χ4v) is 4.27. The largest absolute Gasteiger partial charge is 0.305 e. The van der Waals surface area contributed by atoms with Crippen LogP contribution in [0.15, 0.2) is 47.5 Å². The van der Waals surface area contributed by atoms with Crippen LogP contribution in [0.4, 0.5) is 0 Å². The molecule has 0 saturated heterocycles. The molecule has 2 aromatic carbocycles. The number of Topliss-reactive ketones (excluding diaryl/α,β-unsaturated/α-hetero) is 1. The third-order valence-electron chi connectivity index (χ3n) is 5.51. The van der Waals surface area contributed by atoms with Crippen LogP contribution in [-0.4, -0.2) is 34.5 Å².